The number of methoxy groups -OCH3 is 1. The van der Waals surface area contributed by atoms with Gasteiger partial charge in [0.25, 0.3) is 0 Å². The van der Waals surface area contributed by atoms with Crippen LogP contribution in [0.4, 0.5) is 11.8 Å². The Hall–Kier alpha value is -3.35. The molecule has 0 unspecified atom stereocenters. The summed E-state index contributed by atoms with van der Waals surface area (Å²) in [5, 5.41) is 7.34. The number of hydrogen-bond donors (Lipinski definition) is 2. The van der Waals surface area contributed by atoms with Crippen molar-refractivity contribution in [2.24, 2.45) is 0 Å². The molecule has 3 rings (SSSR count). The van der Waals surface area contributed by atoms with Crippen molar-refractivity contribution < 1.29 is 14.3 Å². The van der Waals surface area contributed by atoms with Crippen LogP contribution in [-0.2, 0) is 16.1 Å². The van der Waals surface area contributed by atoms with E-state index in [0.29, 0.717) is 18.3 Å². The first-order chi connectivity index (χ1) is 14.2. The molecule has 0 amide bonds. The molecule has 2 N–H and O–H groups in total. The maximum atomic E-state index is 12.3. The number of aromatic nitrogens is 2. The van der Waals surface area contributed by atoms with Crippen molar-refractivity contribution >= 4 is 28.6 Å². The minimum absolute atomic E-state index is 0.355. The van der Waals surface area contributed by atoms with E-state index in [1.807, 2.05) is 69.3 Å². The fraction of sp³-hybridized carbons (Fsp3) is 0.348. The Morgan fingerprint density at radius 3 is 2.43 bits per heavy atom. The van der Waals surface area contributed by atoms with Crippen molar-refractivity contribution in [1.82, 2.24) is 9.97 Å². The SMILES string of the molecule is COc1ccc(CNc2nc(N[C@@H](C)C(=O)OC(C)(C)C)nc3ccccc23)cc1. The number of nitrogens with zero attached hydrogens (tertiary/aromatic N) is 2. The molecule has 30 heavy (non-hydrogen) atoms. The molecule has 0 fully saturated rings. The van der Waals surface area contributed by atoms with Crippen LogP contribution in [0.15, 0.2) is 48.5 Å². The molecule has 7 heteroatoms. The van der Waals surface area contributed by atoms with Gasteiger partial charge in [-0.2, -0.15) is 4.98 Å². The Morgan fingerprint density at radius 2 is 1.77 bits per heavy atom. The minimum atomic E-state index is -0.583. The largest absolute Gasteiger partial charge is 0.497 e. The number of hydrogen-bond acceptors (Lipinski definition) is 7. The molecule has 1 aromatic heterocycles. The first-order valence-corrected chi connectivity index (χ1v) is 9.88. The number of nitrogens with one attached hydrogen (secondary N) is 2. The van der Waals surface area contributed by atoms with E-state index in [0.717, 1.165) is 22.2 Å². The number of benzene rings is 2. The summed E-state index contributed by atoms with van der Waals surface area (Å²) in [6.07, 6.45) is 0. The molecular weight excluding hydrogens is 380 g/mol. The van der Waals surface area contributed by atoms with Crippen molar-refractivity contribution in [2.45, 2.75) is 45.9 Å². The Kier molecular flexibility index (Phi) is 6.40. The van der Waals surface area contributed by atoms with Gasteiger partial charge in [-0.25, -0.2) is 9.78 Å². The van der Waals surface area contributed by atoms with E-state index in [4.69, 9.17) is 9.47 Å². The highest BCUT2D eigenvalue weighted by molar-refractivity contribution is 5.90. The number of carbonyl (C=O) groups excluding carboxylic acids is 1. The predicted octanol–water partition coefficient (Wildman–Crippen LogP) is 4.39. The normalized spacial score (nSPS) is 12.3. The number of rotatable bonds is 7. The third-order valence-corrected chi connectivity index (χ3v) is 4.33. The van der Waals surface area contributed by atoms with Gasteiger partial charge in [0, 0.05) is 11.9 Å². The van der Waals surface area contributed by atoms with Gasteiger partial charge in [-0.05, 0) is 57.5 Å². The molecule has 0 aliphatic rings. The first kappa shape index (κ1) is 21.4. The molecule has 1 atom stereocenters. The van der Waals surface area contributed by atoms with Crippen LogP contribution in [0.25, 0.3) is 10.9 Å². The molecule has 0 saturated heterocycles. The summed E-state index contributed by atoms with van der Waals surface area (Å²) in [6, 6.07) is 15.0. The van der Waals surface area contributed by atoms with Crippen molar-refractivity contribution in [1.29, 1.82) is 0 Å². The van der Waals surface area contributed by atoms with E-state index in [-0.39, 0.29) is 5.97 Å². The Bertz CT molecular complexity index is 1010. The van der Waals surface area contributed by atoms with Crippen LogP contribution in [-0.4, -0.2) is 34.7 Å². The summed E-state index contributed by atoms with van der Waals surface area (Å²) in [6.45, 7) is 7.84. The van der Waals surface area contributed by atoms with Gasteiger partial charge in [0.15, 0.2) is 0 Å². The molecule has 1 heterocycles. The second kappa shape index (κ2) is 8.98. The molecular formula is C23H28N4O3. The summed E-state index contributed by atoms with van der Waals surface area (Å²) in [5.41, 5.74) is 1.32. The van der Waals surface area contributed by atoms with E-state index in [9.17, 15) is 4.79 Å². The number of ether oxygens (including phenoxy) is 2. The van der Waals surface area contributed by atoms with Crippen molar-refractivity contribution in [2.75, 3.05) is 17.7 Å². The highest BCUT2D eigenvalue weighted by Crippen LogP contribution is 2.23. The van der Waals surface area contributed by atoms with Crippen LogP contribution in [0, 0.1) is 0 Å². The van der Waals surface area contributed by atoms with Gasteiger partial charge in [-0.15, -0.1) is 0 Å². The van der Waals surface area contributed by atoms with Crippen LogP contribution in [0.3, 0.4) is 0 Å². The van der Waals surface area contributed by atoms with E-state index in [2.05, 4.69) is 20.6 Å². The highest BCUT2D eigenvalue weighted by atomic mass is 16.6. The maximum Gasteiger partial charge on any atom is 0.328 e. The second-order valence-corrected chi connectivity index (χ2v) is 8.01. The standard InChI is InChI=1S/C23H28N4O3/c1-15(21(28)30-23(2,3)4)25-22-26-19-9-7-6-8-18(19)20(27-22)24-14-16-10-12-17(29-5)13-11-16/h6-13,15H,14H2,1-5H3,(H2,24,25,26,27)/t15-/m0/s1. The lowest BCUT2D eigenvalue weighted by molar-refractivity contribution is -0.155. The lowest BCUT2D eigenvalue weighted by Crippen LogP contribution is -2.35. The van der Waals surface area contributed by atoms with E-state index >= 15 is 0 Å². The topological polar surface area (TPSA) is 85.4 Å². The van der Waals surface area contributed by atoms with Crippen LogP contribution in [0.2, 0.25) is 0 Å². The summed E-state index contributed by atoms with van der Waals surface area (Å²) in [7, 11) is 1.65. The minimum Gasteiger partial charge on any atom is -0.497 e. The van der Waals surface area contributed by atoms with E-state index in [1.165, 1.54) is 0 Å². The van der Waals surface area contributed by atoms with Crippen molar-refractivity contribution in [3.63, 3.8) is 0 Å². The first-order valence-electron chi connectivity index (χ1n) is 9.88. The van der Waals surface area contributed by atoms with E-state index in [1.54, 1.807) is 14.0 Å². The summed E-state index contributed by atoms with van der Waals surface area (Å²) in [5.74, 6) is 1.51. The zero-order valence-electron chi connectivity index (χ0n) is 18.0. The molecule has 158 valence electrons. The smallest absolute Gasteiger partial charge is 0.328 e. The van der Waals surface area contributed by atoms with Gasteiger partial charge >= 0.3 is 5.97 Å². The number of carbonyl (C=O) groups is 1. The molecule has 3 aromatic rings. The predicted molar refractivity (Wildman–Crippen MR) is 119 cm³/mol. The lowest BCUT2D eigenvalue weighted by atomic mass is 10.2. The number of esters is 1. The quantitative estimate of drug-likeness (QED) is 0.561. The monoisotopic (exact) mass is 408 g/mol. The average Bonchev–Trinajstić information content (AvgIpc) is 2.71. The third kappa shape index (κ3) is 5.59. The summed E-state index contributed by atoms with van der Waals surface area (Å²) < 4.78 is 10.6. The van der Waals surface area contributed by atoms with Gasteiger partial charge in [-0.1, -0.05) is 24.3 Å². The molecule has 7 nitrogen and oxygen atoms in total. The number of fused-ring (bicyclic) bond motifs is 1. The van der Waals surface area contributed by atoms with Gasteiger partial charge in [0.05, 0.1) is 12.6 Å². The van der Waals surface area contributed by atoms with Gasteiger partial charge in [-0.3, -0.25) is 0 Å². The Labute approximate surface area is 176 Å². The zero-order valence-corrected chi connectivity index (χ0v) is 18.0. The van der Waals surface area contributed by atoms with Crippen LogP contribution in [0.5, 0.6) is 5.75 Å². The molecule has 0 bridgehead atoms. The van der Waals surface area contributed by atoms with Gasteiger partial charge < -0.3 is 20.1 Å². The molecule has 0 aliphatic carbocycles. The van der Waals surface area contributed by atoms with Crippen LogP contribution in [0.1, 0.15) is 33.3 Å². The summed E-state index contributed by atoms with van der Waals surface area (Å²) >= 11 is 0. The van der Waals surface area contributed by atoms with Crippen LogP contribution >= 0.6 is 0 Å². The van der Waals surface area contributed by atoms with Crippen LogP contribution < -0.4 is 15.4 Å². The molecule has 0 spiro atoms. The zero-order chi connectivity index (χ0) is 21.7. The fourth-order valence-electron chi connectivity index (χ4n) is 2.85. The molecule has 0 radical (unpaired) electrons. The van der Waals surface area contributed by atoms with E-state index < -0.39 is 11.6 Å². The summed E-state index contributed by atoms with van der Waals surface area (Å²) in [4.78, 5) is 21.5. The molecule has 0 saturated carbocycles. The molecule has 0 aliphatic heterocycles. The maximum absolute atomic E-state index is 12.3. The number of anilines is 2. The highest BCUT2D eigenvalue weighted by Gasteiger charge is 2.22. The average molecular weight is 409 g/mol. The lowest BCUT2D eigenvalue weighted by Gasteiger charge is -2.23. The Balaban J connectivity index is 1.80. The van der Waals surface area contributed by atoms with Crippen molar-refractivity contribution in [3.8, 4) is 5.75 Å². The van der Waals surface area contributed by atoms with Crippen molar-refractivity contribution in [3.05, 3.63) is 54.1 Å². The second-order valence-electron chi connectivity index (χ2n) is 8.01. The third-order valence-electron chi connectivity index (χ3n) is 4.33. The van der Waals surface area contributed by atoms with Gasteiger partial charge in [0.2, 0.25) is 5.95 Å². The van der Waals surface area contributed by atoms with Gasteiger partial charge in [0.1, 0.15) is 23.2 Å². The Morgan fingerprint density at radius 1 is 1.07 bits per heavy atom. The molecule has 2 aromatic carbocycles. The number of para-hydroxylation sites is 1. The fourth-order valence-corrected chi connectivity index (χ4v) is 2.85.